The van der Waals surface area contributed by atoms with Gasteiger partial charge in [0.1, 0.15) is 5.88 Å². The quantitative estimate of drug-likeness (QED) is 0.759. The Hall–Kier alpha value is -1.55. The van der Waals surface area contributed by atoms with E-state index in [1.807, 2.05) is 0 Å². The number of aliphatic carboxylic acids is 1. The van der Waals surface area contributed by atoms with Gasteiger partial charge < -0.3 is 10.4 Å². The van der Waals surface area contributed by atoms with E-state index in [1.165, 1.54) is 0 Å². The molecule has 0 aliphatic heterocycles. The van der Waals surface area contributed by atoms with Crippen molar-refractivity contribution in [2.24, 2.45) is 0 Å². The van der Waals surface area contributed by atoms with Crippen molar-refractivity contribution in [1.82, 2.24) is 5.32 Å². The Balaban J connectivity index is 2.84. The van der Waals surface area contributed by atoms with Crippen LogP contribution in [0.1, 0.15) is 11.6 Å². The van der Waals surface area contributed by atoms with Gasteiger partial charge in [-0.2, -0.15) is 0 Å². The minimum Gasteiger partial charge on any atom is -0.479 e. The number of alkyl halides is 1. The molecule has 80 valence electrons. The van der Waals surface area contributed by atoms with Gasteiger partial charge in [0, 0.05) is 0 Å². The summed E-state index contributed by atoms with van der Waals surface area (Å²) in [5, 5.41) is 11.2. The first kappa shape index (κ1) is 11.5. The maximum Gasteiger partial charge on any atom is 0.330 e. The van der Waals surface area contributed by atoms with Crippen LogP contribution in [0.5, 0.6) is 0 Å². The molecule has 0 bridgehead atoms. The fraction of sp³-hybridized carbons (Fsp3) is 0.200. The Labute approximate surface area is 91.9 Å². The van der Waals surface area contributed by atoms with E-state index >= 15 is 0 Å². The molecular weight excluding hydrogens is 218 g/mol. The van der Waals surface area contributed by atoms with E-state index in [9.17, 15) is 9.59 Å². The predicted molar refractivity (Wildman–Crippen MR) is 55.7 cm³/mol. The van der Waals surface area contributed by atoms with Gasteiger partial charge >= 0.3 is 5.97 Å². The van der Waals surface area contributed by atoms with Crippen LogP contribution in [-0.4, -0.2) is 22.9 Å². The molecular formula is C10H10ClNO3. The molecule has 15 heavy (non-hydrogen) atoms. The van der Waals surface area contributed by atoms with Crippen LogP contribution < -0.4 is 5.32 Å². The Kier molecular flexibility index (Phi) is 4.12. The number of benzene rings is 1. The standard InChI is InChI=1S/C10H10ClNO3/c11-6-8(13)12-9(10(14)15)7-4-2-1-3-5-7/h1-5,9H,6H2,(H,12,13)(H,14,15). The highest BCUT2D eigenvalue weighted by atomic mass is 35.5. The molecule has 0 heterocycles. The van der Waals surface area contributed by atoms with Crippen molar-refractivity contribution in [2.75, 3.05) is 5.88 Å². The van der Waals surface area contributed by atoms with Crippen molar-refractivity contribution in [1.29, 1.82) is 0 Å². The maximum absolute atomic E-state index is 11.0. The van der Waals surface area contributed by atoms with Gasteiger partial charge in [0.15, 0.2) is 6.04 Å². The smallest absolute Gasteiger partial charge is 0.330 e. The number of carbonyl (C=O) groups excluding carboxylic acids is 1. The van der Waals surface area contributed by atoms with Crippen LogP contribution in [0.3, 0.4) is 0 Å². The van der Waals surface area contributed by atoms with Gasteiger partial charge in [0.25, 0.3) is 0 Å². The third-order valence-corrected chi connectivity index (χ3v) is 2.05. The largest absolute Gasteiger partial charge is 0.479 e. The second-order valence-corrected chi connectivity index (χ2v) is 3.15. The Bertz CT molecular complexity index is 353. The normalized spacial score (nSPS) is 11.8. The number of carboxylic acid groups (broad SMARTS) is 1. The molecule has 1 rings (SSSR count). The average molecular weight is 228 g/mol. The number of rotatable bonds is 4. The highest BCUT2D eigenvalue weighted by Gasteiger charge is 2.20. The molecule has 0 aliphatic carbocycles. The number of hydrogen-bond donors (Lipinski definition) is 2. The van der Waals surface area contributed by atoms with Crippen molar-refractivity contribution < 1.29 is 14.7 Å². The van der Waals surface area contributed by atoms with Crippen LogP contribution in [0.25, 0.3) is 0 Å². The van der Waals surface area contributed by atoms with E-state index in [0.717, 1.165) is 0 Å². The zero-order chi connectivity index (χ0) is 11.3. The molecule has 5 heteroatoms. The summed E-state index contributed by atoms with van der Waals surface area (Å²) in [6.45, 7) is 0. The van der Waals surface area contributed by atoms with E-state index in [4.69, 9.17) is 16.7 Å². The fourth-order valence-corrected chi connectivity index (χ4v) is 1.21. The second kappa shape index (κ2) is 5.36. The second-order valence-electron chi connectivity index (χ2n) is 2.88. The van der Waals surface area contributed by atoms with Gasteiger partial charge in [0.05, 0.1) is 0 Å². The van der Waals surface area contributed by atoms with Crippen LogP contribution in [0.2, 0.25) is 0 Å². The Morgan fingerprint density at radius 3 is 2.40 bits per heavy atom. The molecule has 0 saturated carbocycles. The first-order valence-electron chi connectivity index (χ1n) is 4.28. The summed E-state index contributed by atoms with van der Waals surface area (Å²) in [6, 6.07) is 7.40. The number of halogens is 1. The lowest BCUT2D eigenvalue weighted by Gasteiger charge is -2.13. The van der Waals surface area contributed by atoms with Crippen molar-refractivity contribution >= 4 is 23.5 Å². The minimum absolute atomic E-state index is 0.253. The van der Waals surface area contributed by atoms with E-state index < -0.39 is 17.9 Å². The lowest BCUT2D eigenvalue weighted by Crippen LogP contribution is -2.34. The summed E-state index contributed by atoms with van der Waals surface area (Å²) in [5.41, 5.74) is 0.517. The molecule has 1 aromatic rings. The lowest BCUT2D eigenvalue weighted by atomic mass is 10.1. The van der Waals surface area contributed by atoms with Crippen molar-refractivity contribution in [3.63, 3.8) is 0 Å². The number of nitrogens with one attached hydrogen (secondary N) is 1. The number of amides is 1. The van der Waals surface area contributed by atoms with Gasteiger partial charge in [-0.1, -0.05) is 30.3 Å². The topological polar surface area (TPSA) is 66.4 Å². The SMILES string of the molecule is O=C(CCl)NC(C(=O)O)c1ccccc1. The highest BCUT2D eigenvalue weighted by Crippen LogP contribution is 2.12. The molecule has 0 radical (unpaired) electrons. The first-order valence-corrected chi connectivity index (χ1v) is 4.81. The van der Waals surface area contributed by atoms with Gasteiger partial charge in [-0.05, 0) is 5.56 Å². The molecule has 1 unspecified atom stereocenters. The fourth-order valence-electron chi connectivity index (χ4n) is 1.13. The van der Waals surface area contributed by atoms with E-state index in [1.54, 1.807) is 30.3 Å². The van der Waals surface area contributed by atoms with Crippen molar-refractivity contribution in [3.8, 4) is 0 Å². The molecule has 0 saturated heterocycles. The van der Waals surface area contributed by atoms with Gasteiger partial charge in [-0.15, -0.1) is 11.6 Å². The molecule has 0 spiro atoms. The summed E-state index contributed by atoms with van der Waals surface area (Å²) in [6.07, 6.45) is 0. The summed E-state index contributed by atoms with van der Waals surface area (Å²) < 4.78 is 0. The van der Waals surface area contributed by atoms with Crippen LogP contribution in [0.4, 0.5) is 0 Å². The lowest BCUT2D eigenvalue weighted by molar-refractivity contribution is -0.141. The molecule has 0 aromatic heterocycles. The summed E-state index contributed by atoms with van der Waals surface area (Å²) in [4.78, 5) is 21.9. The van der Waals surface area contributed by atoms with E-state index in [0.29, 0.717) is 5.56 Å². The number of hydrogen-bond acceptors (Lipinski definition) is 2. The highest BCUT2D eigenvalue weighted by molar-refractivity contribution is 6.27. The molecule has 1 amide bonds. The molecule has 0 fully saturated rings. The maximum atomic E-state index is 11.0. The van der Waals surface area contributed by atoms with Crippen molar-refractivity contribution in [3.05, 3.63) is 35.9 Å². The van der Waals surface area contributed by atoms with E-state index in [2.05, 4.69) is 5.32 Å². The molecule has 2 N–H and O–H groups in total. The van der Waals surface area contributed by atoms with Crippen molar-refractivity contribution in [2.45, 2.75) is 6.04 Å². The monoisotopic (exact) mass is 227 g/mol. The van der Waals surface area contributed by atoms with Gasteiger partial charge in [-0.25, -0.2) is 4.79 Å². The van der Waals surface area contributed by atoms with E-state index in [-0.39, 0.29) is 5.88 Å². The number of carbonyl (C=O) groups is 2. The Morgan fingerprint density at radius 1 is 1.33 bits per heavy atom. The average Bonchev–Trinajstić information content (AvgIpc) is 2.26. The third-order valence-electron chi connectivity index (χ3n) is 1.81. The van der Waals surface area contributed by atoms with Crippen LogP contribution in [-0.2, 0) is 9.59 Å². The summed E-state index contributed by atoms with van der Waals surface area (Å²) in [5.74, 6) is -1.87. The zero-order valence-electron chi connectivity index (χ0n) is 7.81. The summed E-state index contributed by atoms with van der Waals surface area (Å²) in [7, 11) is 0. The third kappa shape index (κ3) is 3.25. The molecule has 1 aromatic carbocycles. The van der Waals surface area contributed by atoms with Crippen LogP contribution in [0, 0.1) is 0 Å². The van der Waals surface area contributed by atoms with Crippen LogP contribution in [0.15, 0.2) is 30.3 Å². The molecule has 4 nitrogen and oxygen atoms in total. The zero-order valence-corrected chi connectivity index (χ0v) is 8.57. The van der Waals surface area contributed by atoms with Gasteiger partial charge in [-0.3, -0.25) is 4.79 Å². The minimum atomic E-state index is -1.11. The Morgan fingerprint density at radius 2 is 1.93 bits per heavy atom. The first-order chi connectivity index (χ1) is 7.15. The van der Waals surface area contributed by atoms with Crippen LogP contribution >= 0.6 is 11.6 Å². The number of carboxylic acids is 1. The molecule has 0 aliphatic rings. The summed E-state index contributed by atoms with van der Waals surface area (Å²) >= 11 is 5.28. The molecule has 1 atom stereocenters. The predicted octanol–water partition coefficient (Wildman–Crippen LogP) is 1.17. The van der Waals surface area contributed by atoms with Gasteiger partial charge in [0.2, 0.25) is 5.91 Å².